The molecule has 3 rings (SSSR count). The summed E-state index contributed by atoms with van der Waals surface area (Å²) in [6.07, 6.45) is 5.62. The normalized spacial score (nSPS) is 23.2. The lowest BCUT2D eigenvalue weighted by molar-refractivity contribution is 0.0148. The Kier molecular flexibility index (Phi) is 4.00. The average Bonchev–Trinajstić information content (AvgIpc) is 2.69. The van der Waals surface area contributed by atoms with E-state index >= 15 is 0 Å². The summed E-state index contributed by atoms with van der Waals surface area (Å²) in [7, 11) is 3.78. The van der Waals surface area contributed by atoms with Crippen molar-refractivity contribution in [1.29, 1.82) is 0 Å². The number of hydrogen-bond acceptors (Lipinski definition) is 2. The minimum atomic E-state index is -0.169. The summed E-state index contributed by atoms with van der Waals surface area (Å²) in [5, 5.41) is 4.66. The summed E-state index contributed by atoms with van der Waals surface area (Å²) < 4.78 is 20.9. The third-order valence-corrected chi connectivity index (χ3v) is 4.51. The Bertz CT molecular complexity index is 631. The van der Waals surface area contributed by atoms with E-state index in [9.17, 15) is 4.39 Å². The molecule has 1 N–H and O–H groups in total. The lowest BCUT2D eigenvalue weighted by Crippen LogP contribution is -2.48. The Morgan fingerprint density at radius 2 is 2.19 bits per heavy atom. The van der Waals surface area contributed by atoms with Gasteiger partial charge in [-0.3, -0.25) is 0 Å². The third-order valence-electron chi connectivity index (χ3n) is 4.51. The van der Waals surface area contributed by atoms with Crippen molar-refractivity contribution >= 4 is 10.9 Å². The van der Waals surface area contributed by atoms with Crippen molar-refractivity contribution < 1.29 is 9.13 Å². The molecule has 1 aromatic carbocycles. The lowest BCUT2D eigenvalue weighted by atomic mass is 9.88. The van der Waals surface area contributed by atoms with Crippen LogP contribution in [-0.4, -0.2) is 29.9 Å². The molecule has 0 bridgehead atoms. The van der Waals surface area contributed by atoms with Gasteiger partial charge in [-0.1, -0.05) is 0 Å². The number of aryl methyl sites for hydroxylation is 1. The van der Waals surface area contributed by atoms with Crippen LogP contribution in [0, 0.1) is 5.82 Å². The number of halogens is 1. The predicted octanol–water partition coefficient (Wildman–Crippen LogP) is 3.02. The smallest absolute Gasteiger partial charge is 0.123 e. The average molecular weight is 290 g/mol. The van der Waals surface area contributed by atoms with E-state index < -0.39 is 0 Å². The number of hydrogen-bond donors (Lipinski definition) is 1. The van der Waals surface area contributed by atoms with Gasteiger partial charge in [0.2, 0.25) is 0 Å². The van der Waals surface area contributed by atoms with Crippen LogP contribution < -0.4 is 5.32 Å². The van der Waals surface area contributed by atoms with Gasteiger partial charge < -0.3 is 14.6 Å². The number of nitrogens with zero attached hydrogens (tertiary/aromatic N) is 1. The number of aromatic nitrogens is 1. The molecule has 21 heavy (non-hydrogen) atoms. The van der Waals surface area contributed by atoms with E-state index in [0.717, 1.165) is 30.2 Å². The van der Waals surface area contributed by atoms with Gasteiger partial charge in [-0.25, -0.2) is 4.39 Å². The van der Waals surface area contributed by atoms with Crippen molar-refractivity contribution in [3.63, 3.8) is 0 Å². The quantitative estimate of drug-likeness (QED) is 0.916. The van der Waals surface area contributed by atoms with Gasteiger partial charge in [0.25, 0.3) is 0 Å². The fourth-order valence-electron chi connectivity index (χ4n) is 3.29. The molecule has 1 aliphatic rings. The zero-order chi connectivity index (χ0) is 15.0. The highest BCUT2D eigenvalue weighted by Gasteiger charge is 2.29. The lowest BCUT2D eigenvalue weighted by Gasteiger charge is -2.36. The summed E-state index contributed by atoms with van der Waals surface area (Å²) in [5.41, 5.74) is 2.29. The van der Waals surface area contributed by atoms with Gasteiger partial charge in [0, 0.05) is 43.3 Å². The molecule has 1 saturated carbocycles. The zero-order valence-corrected chi connectivity index (χ0v) is 12.9. The van der Waals surface area contributed by atoms with Crippen LogP contribution in [0.25, 0.3) is 10.9 Å². The topological polar surface area (TPSA) is 26.2 Å². The van der Waals surface area contributed by atoms with Crippen LogP contribution in [0.3, 0.4) is 0 Å². The molecule has 1 unspecified atom stereocenters. The van der Waals surface area contributed by atoms with Crippen molar-refractivity contribution in [1.82, 2.24) is 9.88 Å². The highest BCUT2D eigenvalue weighted by atomic mass is 19.1. The standard InChI is InChI=1S/C17H23FN2O/c1-11(19-14-8-15(9-14)21-3)6-12-10-20(2)17-5-4-13(18)7-16(12)17/h4-5,7,10-11,14-15,19H,6,8-9H2,1-3H3. The number of fused-ring (bicyclic) bond motifs is 1. The van der Waals surface area contributed by atoms with Crippen LogP contribution in [0.15, 0.2) is 24.4 Å². The van der Waals surface area contributed by atoms with Crippen LogP contribution in [0.4, 0.5) is 4.39 Å². The molecule has 0 amide bonds. The number of ether oxygens (including phenoxy) is 1. The minimum Gasteiger partial charge on any atom is -0.381 e. The highest BCUT2D eigenvalue weighted by molar-refractivity contribution is 5.84. The minimum absolute atomic E-state index is 0.169. The number of nitrogens with one attached hydrogen (secondary N) is 1. The van der Waals surface area contributed by atoms with Crippen molar-refractivity contribution in [2.24, 2.45) is 7.05 Å². The molecular weight excluding hydrogens is 267 g/mol. The maximum atomic E-state index is 13.5. The summed E-state index contributed by atoms with van der Waals surface area (Å²) >= 11 is 0. The van der Waals surface area contributed by atoms with Gasteiger partial charge in [-0.15, -0.1) is 0 Å². The first-order valence-electron chi connectivity index (χ1n) is 7.59. The molecule has 1 aromatic heterocycles. The monoisotopic (exact) mass is 290 g/mol. The molecular formula is C17H23FN2O. The molecule has 114 valence electrons. The van der Waals surface area contributed by atoms with Gasteiger partial charge in [0.1, 0.15) is 5.82 Å². The Morgan fingerprint density at radius 3 is 2.90 bits per heavy atom. The van der Waals surface area contributed by atoms with Crippen LogP contribution in [0.2, 0.25) is 0 Å². The highest BCUT2D eigenvalue weighted by Crippen LogP contribution is 2.25. The molecule has 3 nitrogen and oxygen atoms in total. The van der Waals surface area contributed by atoms with Crippen LogP contribution in [-0.2, 0) is 18.2 Å². The molecule has 0 spiro atoms. The molecule has 4 heteroatoms. The molecule has 0 saturated heterocycles. The van der Waals surface area contributed by atoms with E-state index in [0.29, 0.717) is 18.2 Å². The van der Waals surface area contributed by atoms with E-state index in [1.54, 1.807) is 13.2 Å². The van der Waals surface area contributed by atoms with Crippen molar-refractivity contribution in [3.05, 3.63) is 35.8 Å². The summed E-state index contributed by atoms with van der Waals surface area (Å²) in [5.74, 6) is -0.169. The second-order valence-electron chi connectivity index (χ2n) is 6.22. The van der Waals surface area contributed by atoms with Gasteiger partial charge in [-0.05, 0) is 49.9 Å². The summed E-state index contributed by atoms with van der Waals surface area (Å²) in [4.78, 5) is 0. The van der Waals surface area contributed by atoms with E-state index in [1.807, 2.05) is 13.1 Å². The second kappa shape index (κ2) is 5.78. The Balaban J connectivity index is 1.68. The third kappa shape index (κ3) is 2.97. The second-order valence-corrected chi connectivity index (χ2v) is 6.22. The maximum Gasteiger partial charge on any atom is 0.123 e. The van der Waals surface area contributed by atoms with E-state index in [4.69, 9.17) is 4.74 Å². The van der Waals surface area contributed by atoms with E-state index in [2.05, 4.69) is 23.0 Å². The van der Waals surface area contributed by atoms with E-state index in [-0.39, 0.29) is 5.82 Å². The predicted molar refractivity (Wildman–Crippen MR) is 83.0 cm³/mol. The summed E-state index contributed by atoms with van der Waals surface area (Å²) in [6.45, 7) is 2.19. The van der Waals surface area contributed by atoms with Gasteiger partial charge in [0.05, 0.1) is 6.10 Å². The number of rotatable bonds is 5. The van der Waals surface area contributed by atoms with Crippen molar-refractivity contribution in [3.8, 4) is 0 Å². The van der Waals surface area contributed by atoms with Gasteiger partial charge in [-0.2, -0.15) is 0 Å². The van der Waals surface area contributed by atoms with Gasteiger partial charge in [0.15, 0.2) is 0 Å². The largest absolute Gasteiger partial charge is 0.381 e. The summed E-state index contributed by atoms with van der Waals surface area (Å²) in [6, 6.07) is 5.94. The van der Waals surface area contributed by atoms with Crippen molar-refractivity contribution in [2.45, 2.75) is 44.4 Å². The first-order chi connectivity index (χ1) is 10.1. The Hall–Kier alpha value is -1.39. The number of benzene rings is 1. The molecule has 1 atom stereocenters. The number of methoxy groups -OCH3 is 1. The zero-order valence-electron chi connectivity index (χ0n) is 12.9. The van der Waals surface area contributed by atoms with Crippen LogP contribution in [0.5, 0.6) is 0 Å². The molecule has 1 heterocycles. The first kappa shape index (κ1) is 14.5. The van der Waals surface area contributed by atoms with Crippen LogP contribution in [0.1, 0.15) is 25.3 Å². The first-order valence-corrected chi connectivity index (χ1v) is 7.59. The molecule has 1 fully saturated rings. The fourth-order valence-corrected chi connectivity index (χ4v) is 3.29. The Morgan fingerprint density at radius 1 is 1.43 bits per heavy atom. The van der Waals surface area contributed by atoms with E-state index in [1.165, 1.54) is 11.6 Å². The van der Waals surface area contributed by atoms with Gasteiger partial charge >= 0.3 is 0 Å². The fraction of sp³-hybridized carbons (Fsp3) is 0.529. The molecule has 0 radical (unpaired) electrons. The van der Waals surface area contributed by atoms with Crippen molar-refractivity contribution in [2.75, 3.05) is 7.11 Å². The van der Waals surface area contributed by atoms with Crippen LogP contribution >= 0.6 is 0 Å². The molecule has 0 aliphatic heterocycles. The SMILES string of the molecule is COC1CC(NC(C)Cc2cn(C)c3ccc(F)cc23)C1. The maximum absolute atomic E-state index is 13.5. The Labute approximate surface area is 125 Å². The molecule has 2 aromatic rings. The molecule has 1 aliphatic carbocycles.